The highest BCUT2D eigenvalue weighted by Crippen LogP contribution is 2.33. The van der Waals surface area contributed by atoms with Gasteiger partial charge in [0, 0.05) is 12.0 Å². The quantitative estimate of drug-likeness (QED) is 0.907. The molecule has 1 heterocycles. The zero-order chi connectivity index (χ0) is 14.8. The molecule has 0 radical (unpaired) electrons. The van der Waals surface area contributed by atoms with Gasteiger partial charge in [-0.1, -0.05) is 48.5 Å². The van der Waals surface area contributed by atoms with Gasteiger partial charge in [0.2, 0.25) is 0 Å². The molecule has 0 bridgehead atoms. The predicted octanol–water partition coefficient (Wildman–Crippen LogP) is 2.60. The highest BCUT2D eigenvalue weighted by Gasteiger charge is 2.41. The lowest BCUT2D eigenvalue weighted by atomic mass is 9.78. The summed E-state index contributed by atoms with van der Waals surface area (Å²) in [5, 5.41) is 21.5. The number of hydrogen-bond acceptors (Lipinski definition) is 3. The Morgan fingerprint density at radius 1 is 1.14 bits per heavy atom. The lowest BCUT2D eigenvalue weighted by Gasteiger charge is -2.42. The molecule has 0 spiro atoms. The van der Waals surface area contributed by atoms with Crippen molar-refractivity contribution in [1.82, 2.24) is 5.32 Å². The van der Waals surface area contributed by atoms with Crippen LogP contribution in [0.1, 0.15) is 17.0 Å². The van der Waals surface area contributed by atoms with Crippen molar-refractivity contribution in [2.24, 2.45) is 0 Å². The lowest BCUT2D eigenvalue weighted by Crippen LogP contribution is -2.60. The number of aliphatic hydroxyl groups excluding tert-OH is 1. The summed E-state index contributed by atoms with van der Waals surface area (Å²) in [7, 11) is 0. The second kappa shape index (κ2) is 5.69. The van der Waals surface area contributed by atoms with Crippen LogP contribution in [-0.4, -0.2) is 23.8 Å². The van der Waals surface area contributed by atoms with E-state index >= 15 is 0 Å². The maximum atomic E-state index is 9.33. The van der Waals surface area contributed by atoms with Gasteiger partial charge in [-0.3, -0.25) is 5.32 Å². The van der Waals surface area contributed by atoms with E-state index < -0.39 is 0 Å². The SMILES string of the molecule is Cc1ccccc1-c1ccc([C@H]2[C@H](C#N)N[C@@H]2CO)cc1. The van der Waals surface area contributed by atoms with Crippen LogP contribution in [0, 0.1) is 18.3 Å². The van der Waals surface area contributed by atoms with Crippen molar-refractivity contribution in [1.29, 1.82) is 5.26 Å². The molecular formula is C18H18N2O. The van der Waals surface area contributed by atoms with Crippen molar-refractivity contribution >= 4 is 0 Å². The fraction of sp³-hybridized carbons (Fsp3) is 0.278. The Bertz CT molecular complexity index is 672. The standard InChI is InChI=1S/C18H18N2O/c1-12-4-2-3-5-15(12)13-6-8-14(9-7-13)18-16(10-19)20-17(18)11-21/h2-9,16-18,20-21H,11H2,1H3/t16-,17+,18-/m0/s1. The van der Waals surface area contributed by atoms with E-state index in [0.717, 1.165) is 5.56 Å². The summed E-state index contributed by atoms with van der Waals surface area (Å²) < 4.78 is 0. The monoisotopic (exact) mass is 278 g/mol. The van der Waals surface area contributed by atoms with E-state index in [1.165, 1.54) is 16.7 Å². The molecule has 2 aromatic carbocycles. The Balaban J connectivity index is 1.88. The van der Waals surface area contributed by atoms with Crippen LogP contribution in [0.2, 0.25) is 0 Å². The minimum atomic E-state index is -0.202. The second-order valence-corrected chi connectivity index (χ2v) is 5.53. The summed E-state index contributed by atoms with van der Waals surface area (Å²) in [5.41, 5.74) is 4.76. The Morgan fingerprint density at radius 2 is 1.86 bits per heavy atom. The van der Waals surface area contributed by atoms with Gasteiger partial charge in [0.1, 0.15) is 6.04 Å². The molecular weight excluding hydrogens is 260 g/mol. The fourth-order valence-electron chi connectivity index (χ4n) is 3.04. The molecule has 3 rings (SSSR count). The largest absolute Gasteiger partial charge is 0.395 e. The number of hydrogen-bond donors (Lipinski definition) is 2. The molecule has 21 heavy (non-hydrogen) atoms. The van der Waals surface area contributed by atoms with E-state index in [2.05, 4.69) is 54.7 Å². The lowest BCUT2D eigenvalue weighted by molar-refractivity contribution is 0.151. The van der Waals surface area contributed by atoms with E-state index in [0.29, 0.717) is 0 Å². The molecule has 2 aromatic rings. The van der Waals surface area contributed by atoms with E-state index in [-0.39, 0.29) is 24.6 Å². The number of nitriles is 1. The maximum absolute atomic E-state index is 9.33. The Kier molecular flexibility index (Phi) is 3.74. The number of rotatable bonds is 3. The summed E-state index contributed by atoms with van der Waals surface area (Å²) in [5.74, 6) is 0.0749. The molecule has 0 saturated carbocycles. The van der Waals surface area contributed by atoms with Gasteiger partial charge in [0.15, 0.2) is 0 Å². The van der Waals surface area contributed by atoms with Crippen molar-refractivity contribution in [2.45, 2.75) is 24.9 Å². The first-order chi connectivity index (χ1) is 10.2. The van der Waals surface area contributed by atoms with Crippen LogP contribution in [0.25, 0.3) is 11.1 Å². The van der Waals surface area contributed by atoms with Crippen molar-refractivity contribution in [3.05, 3.63) is 59.7 Å². The van der Waals surface area contributed by atoms with Crippen LogP contribution in [-0.2, 0) is 0 Å². The predicted molar refractivity (Wildman–Crippen MR) is 82.8 cm³/mol. The first-order valence-corrected chi connectivity index (χ1v) is 7.17. The molecule has 0 aromatic heterocycles. The molecule has 3 atom stereocenters. The summed E-state index contributed by atoms with van der Waals surface area (Å²) in [6, 6.07) is 18.7. The molecule has 1 fully saturated rings. The van der Waals surface area contributed by atoms with Gasteiger partial charge in [0.05, 0.1) is 12.7 Å². The number of nitrogens with zero attached hydrogens (tertiary/aromatic N) is 1. The summed E-state index contributed by atoms with van der Waals surface area (Å²) in [6.07, 6.45) is 0. The van der Waals surface area contributed by atoms with Crippen molar-refractivity contribution in [2.75, 3.05) is 6.61 Å². The molecule has 0 aliphatic carbocycles. The number of benzene rings is 2. The highest BCUT2D eigenvalue weighted by atomic mass is 16.3. The highest BCUT2D eigenvalue weighted by molar-refractivity contribution is 5.67. The smallest absolute Gasteiger partial charge is 0.104 e. The molecule has 106 valence electrons. The minimum Gasteiger partial charge on any atom is -0.395 e. The Hall–Kier alpha value is -2.15. The van der Waals surface area contributed by atoms with Crippen molar-refractivity contribution in [3.8, 4) is 17.2 Å². The van der Waals surface area contributed by atoms with Gasteiger partial charge in [0.25, 0.3) is 0 Å². The average molecular weight is 278 g/mol. The number of aliphatic hydroxyl groups is 1. The molecule has 3 heteroatoms. The Morgan fingerprint density at radius 3 is 2.48 bits per heavy atom. The van der Waals surface area contributed by atoms with Crippen molar-refractivity contribution in [3.63, 3.8) is 0 Å². The average Bonchev–Trinajstić information content (AvgIpc) is 2.49. The normalized spacial score (nSPS) is 24.1. The van der Waals surface area contributed by atoms with Gasteiger partial charge in [-0.05, 0) is 29.2 Å². The number of aryl methyl sites for hydroxylation is 1. The van der Waals surface area contributed by atoms with Gasteiger partial charge in [-0.15, -0.1) is 0 Å². The van der Waals surface area contributed by atoms with Crippen LogP contribution >= 0.6 is 0 Å². The molecule has 1 saturated heterocycles. The van der Waals surface area contributed by atoms with Crippen LogP contribution in [0.4, 0.5) is 0 Å². The minimum absolute atomic E-state index is 0.0149. The van der Waals surface area contributed by atoms with Gasteiger partial charge >= 0.3 is 0 Å². The van der Waals surface area contributed by atoms with Crippen LogP contribution in [0.15, 0.2) is 48.5 Å². The zero-order valence-electron chi connectivity index (χ0n) is 12.0. The molecule has 1 aliphatic heterocycles. The first kappa shape index (κ1) is 13.8. The van der Waals surface area contributed by atoms with Gasteiger partial charge in [-0.25, -0.2) is 0 Å². The zero-order valence-corrected chi connectivity index (χ0v) is 12.0. The summed E-state index contributed by atoms with van der Waals surface area (Å²) in [6.45, 7) is 2.16. The summed E-state index contributed by atoms with van der Waals surface area (Å²) in [4.78, 5) is 0. The van der Waals surface area contributed by atoms with E-state index in [1.54, 1.807) is 0 Å². The molecule has 0 amide bonds. The molecule has 3 nitrogen and oxygen atoms in total. The van der Waals surface area contributed by atoms with Gasteiger partial charge in [-0.2, -0.15) is 5.26 Å². The fourth-order valence-corrected chi connectivity index (χ4v) is 3.04. The van der Waals surface area contributed by atoms with Crippen LogP contribution in [0.5, 0.6) is 0 Å². The first-order valence-electron chi connectivity index (χ1n) is 7.17. The third-order valence-corrected chi connectivity index (χ3v) is 4.27. The van der Waals surface area contributed by atoms with Crippen LogP contribution in [0.3, 0.4) is 0 Å². The van der Waals surface area contributed by atoms with E-state index in [9.17, 15) is 5.11 Å². The molecule has 2 N–H and O–H groups in total. The van der Waals surface area contributed by atoms with Crippen molar-refractivity contribution < 1.29 is 5.11 Å². The van der Waals surface area contributed by atoms with Crippen LogP contribution < -0.4 is 5.32 Å². The molecule has 0 unspecified atom stereocenters. The third-order valence-electron chi connectivity index (χ3n) is 4.27. The Labute approximate surface area is 124 Å². The van der Waals surface area contributed by atoms with E-state index in [1.807, 2.05) is 12.1 Å². The third kappa shape index (κ3) is 2.44. The summed E-state index contributed by atoms with van der Waals surface area (Å²) >= 11 is 0. The maximum Gasteiger partial charge on any atom is 0.104 e. The topological polar surface area (TPSA) is 56.0 Å². The second-order valence-electron chi connectivity index (χ2n) is 5.53. The van der Waals surface area contributed by atoms with E-state index in [4.69, 9.17) is 5.26 Å². The molecule has 1 aliphatic rings. The van der Waals surface area contributed by atoms with Gasteiger partial charge < -0.3 is 5.11 Å². The number of nitrogens with one attached hydrogen (secondary N) is 1.